The Labute approximate surface area is 238 Å². The van der Waals surface area contributed by atoms with Gasteiger partial charge in [-0.05, 0) is 48.2 Å². The van der Waals surface area contributed by atoms with E-state index in [2.05, 4.69) is 42.3 Å². The second-order valence-electron chi connectivity index (χ2n) is 10.9. The molecular formula is C31H34ClN3O5. The van der Waals surface area contributed by atoms with E-state index in [0.717, 1.165) is 36.1 Å². The molecule has 2 heterocycles. The molecule has 40 heavy (non-hydrogen) atoms. The lowest BCUT2D eigenvalue weighted by molar-refractivity contribution is -0.144. The highest BCUT2D eigenvalue weighted by Crippen LogP contribution is 2.53. The zero-order valence-electron chi connectivity index (χ0n) is 22.7. The number of ether oxygens (including phenoxy) is 1. The van der Waals surface area contributed by atoms with Gasteiger partial charge in [0.2, 0.25) is 11.8 Å². The molecule has 0 radical (unpaired) electrons. The molecule has 1 aliphatic heterocycles. The van der Waals surface area contributed by atoms with E-state index in [1.807, 2.05) is 53.5 Å². The molecule has 2 aromatic carbocycles. The zero-order chi connectivity index (χ0) is 28.3. The maximum absolute atomic E-state index is 11.7. The SMILES string of the molecule is CC1(C)C(c2ccccc2)=CC=CC1(COc1ccc(CN2CCCC[C@H]2C(=O)O)cc1Cl)c1nnc(CO)o1. The lowest BCUT2D eigenvalue weighted by atomic mass is 9.58. The molecule has 0 spiro atoms. The number of nitrogens with zero attached hydrogens (tertiary/aromatic N) is 3. The lowest BCUT2D eigenvalue weighted by Gasteiger charge is -2.45. The van der Waals surface area contributed by atoms with E-state index < -0.39 is 22.8 Å². The number of likely N-dealkylation sites (tertiary alicyclic amines) is 1. The maximum atomic E-state index is 11.7. The number of benzene rings is 2. The minimum atomic E-state index is -0.863. The average Bonchev–Trinajstić information content (AvgIpc) is 3.44. The van der Waals surface area contributed by atoms with Crippen molar-refractivity contribution >= 4 is 23.1 Å². The first kappa shape index (κ1) is 28.1. The van der Waals surface area contributed by atoms with Crippen LogP contribution in [0.15, 0.2) is 71.2 Å². The smallest absolute Gasteiger partial charge is 0.320 e. The summed E-state index contributed by atoms with van der Waals surface area (Å²) in [6.45, 7) is 5.28. The van der Waals surface area contributed by atoms with Crippen LogP contribution in [0.5, 0.6) is 5.75 Å². The summed E-state index contributed by atoms with van der Waals surface area (Å²) in [5.41, 5.74) is 1.67. The number of aliphatic carboxylic acids is 1. The Hall–Kier alpha value is -3.46. The number of allylic oxidation sites excluding steroid dienone is 3. The lowest BCUT2D eigenvalue weighted by Crippen LogP contribution is -2.47. The number of carboxylic acid groups (broad SMARTS) is 1. The molecule has 1 saturated heterocycles. The summed E-state index contributed by atoms with van der Waals surface area (Å²) in [6.07, 6.45) is 8.64. The number of piperidine rings is 1. The van der Waals surface area contributed by atoms with E-state index >= 15 is 0 Å². The van der Waals surface area contributed by atoms with Gasteiger partial charge in [0.1, 0.15) is 30.4 Å². The topological polar surface area (TPSA) is 109 Å². The summed E-state index contributed by atoms with van der Waals surface area (Å²) in [4.78, 5) is 13.7. The number of aliphatic hydroxyl groups is 1. The van der Waals surface area contributed by atoms with Gasteiger partial charge in [-0.1, -0.05) is 86.5 Å². The van der Waals surface area contributed by atoms with Gasteiger partial charge in [0.05, 0.1) is 5.02 Å². The van der Waals surface area contributed by atoms with Crippen LogP contribution in [0.2, 0.25) is 5.02 Å². The van der Waals surface area contributed by atoms with Crippen LogP contribution in [0.1, 0.15) is 56.0 Å². The van der Waals surface area contributed by atoms with E-state index in [0.29, 0.717) is 29.6 Å². The molecule has 0 amide bonds. The monoisotopic (exact) mass is 563 g/mol. The first-order chi connectivity index (χ1) is 19.2. The second kappa shape index (κ2) is 11.6. The van der Waals surface area contributed by atoms with Crippen molar-refractivity contribution in [1.82, 2.24) is 15.1 Å². The fraction of sp³-hybridized carbons (Fsp3) is 0.387. The molecule has 210 valence electrons. The van der Waals surface area contributed by atoms with Crippen LogP contribution in [0.3, 0.4) is 0 Å². The number of aromatic nitrogens is 2. The summed E-state index contributed by atoms with van der Waals surface area (Å²) < 4.78 is 12.3. The van der Waals surface area contributed by atoms with Crippen molar-refractivity contribution in [2.45, 2.75) is 57.7 Å². The molecule has 1 unspecified atom stereocenters. The number of hydrogen-bond donors (Lipinski definition) is 2. The van der Waals surface area contributed by atoms with Crippen molar-refractivity contribution < 1.29 is 24.2 Å². The third kappa shape index (κ3) is 5.31. The minimum Gasteiger partial charge on any atom is -0.491 e. The largest absolute Gasteiger partial charge is 0.491 e. The minimum absolute atomic E-state index is 0.133. The molecule has 0 saturated carbocycles. The van der Waals surface area contributed by atoms with Gasteiger partial charge >= 0.3 is 5.97 Å². The predicted molar refractivity (Wildman–Crippen MR) is 152 cm³/mol. The number of hydrogen-bond acceptors (Lipinski definition) is 7. The fourth-order valence-corrected chi connectivity index (χ4v) is 6.07. The maximum Gasteiger partial charge on any atom is 0.320 e. The normalized spacial score (nSPS) is 22.6. The van der Waals surface area contributed by atoms with Crippen molar-refractivity contribution in [3.8, 4) is 5.75 Å². The Morgan fingerprint density at radius 2 is 1.98 bits per heavy atom. The van der Waals surface area contributed by atoms with E-state index in [9.17, 15) is 15.0 Å². The van der Waals surface area contributed by atoms with Crippen molar-refractivity contribution in [2.24, 2.45) is 5.41 Å². The molecule has 9 heteroatoms. The van der Waals surface area contributed by atoms with Crippen LogP contribution in [-0.2, 0) is 23.4 Å². The Morgan fingerprint density at radius 3 is 2.67 bits per heavy atom. The van der Waals surface area contributed by atoms with Crippen LogP contribution in [0.25, 0.3) is 5.57 Å². The highest BCUT2D eigenvalue weighted by atomic mass is 35.5. The molecule has 1 aromatic heterocycles. The van der Waals surface area contributed by atoms with Gasteiger partial charge in [0.25, 0.3) is 0 Å². The first-order valence-corrected chi connectivity index (χ1v) is 13.9. The van der Waals surface area contributed by atoms with Crippen LogP contribution >= 0.6 is 11.6 Å². The first-order valence-electron chi connectivity index (χ1n) is 13.5. The van der Waals surface area contributed by atoms with Gasteiger partial charge in [-0.2, -0.15) is 0 Å². The Kier molecular flexibility index (Phi) is 8.12. The molecule has 5 rings (SSSR count). The molecule has 1 fully saturated rings. The van der Waals surface area contributed by atoms with Crippen molar-refractivity contribution in [3.05, 3.63) is 94.7 Å². The van der Waals surface area contributed by atoms with Gasteiger partial charge in [-0.3, -0.25) is 9.69 Å². The van der Waals surface area contributed by atoms with Gasteiger partial charge in [-0.15, -0.1) is 10.2 Å². The summed E-state index contributed by atoms with van der Waals surface area (Å²) in [5.74, 6) is 0.194. The molecule has 8 nitrogen and oxygen atoms in total. The van der Waals surface area contributed by atoms with Crippen molar-refractivity contribution in [3.63, 3.8) is 0 Å². The van der Waals surface area contributed by atoms with Crippen LogP contribution < -0.4 is 4.74 Å². The highest BCUT2D eigenvalue weighted by molar-refractivity contribution is 6.32. The Morgan fingerprint density at radius 1 is 1.18 bits per heavy atom. The average molecular weight is 564 g/mol. The van der Waals surface area contributed by atoms with Crippen LogP contribution in [0, 0.1) is 5.41 Å². The molecule has 2 atom stereocenters. The second-order valence-corrected chi connectivity index (χ2v) is 11.3. The highest BCUT2D eigenvalue weighted by Gasteiger charge is 2.53. The number of carboxylic acids is 1. The summed E-state index contributed by atoms with van der Waals surface area (Å²) >= 11 is 6.70. The molecule has 3 aromatic rings. The zero-order valence-corrected chi connectivity index (χ0v) is 23.5. The van der Waals surface area contributed by atoms with Crippen molar-refractivity contribution in [2.75, 3.05) is 13.2 Å². The van der Waals surface area contributed by atoms with E-state index in [1.165, 1.54) is 0 Å². The molecular weight excluding hydrogens is 530 g/mol. The number of rotatable bonds is 9. The van der Waals surface area contributed by atoms with Gasteiger partial charge in [-0.25, -0.2) is 0 Å². The predicted octanol–water partition coefficient (Wildman–Crippen LogP) is 5.65. The quantitative estimate of drug-likeness (QED) is 0.344. The molecule has 0 bridgehead atoms. The summed E-state index contributed by atoms with van der Waals surface area (Å²) in [7, 11) is 0. The Balaban J connectivity index is 1.42. The molecule has 1 aliphatic carbocycles. The van der Waals surface area contributed by atoms with Gasteiger partial charge in [0, 0.05) is 12.0 Å². The summed E-state index contributed by atoms with van der Waals surface area (Å²) in [5, 5.41) is 28.0. The summed E-state index contributed by atoms with van der Waals surface area (Å²) in [6, 6.07) is 15.2. The molecule has 2 aliphatic rings. The van der Waals surface area contributed by atoms with Crippen LogP contribution in [0.4, 0.5) is 0 Å². The number of carbonyl (C=O) groups is 1. The Bertz CT molecular complexity index is 1420. The third-order valence-electron chi connectivity index (χ3n) is 8.24. The number of halogens is 1. The standard InChI is InChI=1S/C31H34ClN3O5/c1-30(2)23(22-9-4-3-5-10-22)11-8-15-31(30,29-34-33-27(19-36)40-29)20-39-26-14-13-21(17-24(26)32)18-35-16-7-6-12-25(35)28(37)38/h3-5,8-11,13-15,17,25,36H,6-7,12,16,18-20H2,1-2H3,(H,37,38)/t25-,31?/m0/s1. The van der Waals surface area contributed by atoms with Crippen molar-refractivity contribution in [1.29, 1.82) is 0 Å². The van der Waals surface area contributed by atoms with Gasteiger partial charge in [0.15, 0.2) is 0 Å². The van der Waals surface area contributed by atoms with Crippen LogP contribution in [-0.4, -0.2) is 50.5 Å². The van der Waals surface area contributed by atoms with Gasteiger partial charge < -0.3 is 19.4 Å². The van der Waals surface area contributed by atoms with E-state index in [-0.39, 0.29) is 19.1 Å². The fourth-order valence-electron chi connectivity index (χ4n) is 5.81. The van der Waals surface area contributed by atoms with E-state index in [1.54, 1.807) is 0 Å². The van der Waals surface area contributed by atoms with E-state index in [4.69, 9.17) is 20.8 Å². The number of aliphatic hydroxyl groups excluding tert-OH is 1. The third-order valence-corrected chi connectivity index (χ3v) is 8.53. The molecule has 2 N–H and O–H groups in total.